The Morgan fingerprint density at radius 3 is 2.40 bits per heavy atom. The second-order valence-electron chi connectivity index (χ2n) is 4.53. The van der Waals surface area contributed by atoms with Gasteiger partial charge in [-0.1, -0.05) is 12.1 Å². The van der Waals surface area contributed by atoms with Crippen molar-refractivity contribution < 1.29 is 19.8 Å². The molecule has 20 heavy (non-hydrogen) atoms. The first kappa shape index (κ1) is 15.7. The van der Waals surface area contributed by atoms with Crippen LogP contribution >= 0.6 is 0 Å². The summed E-state index contributed by atoms with van der Waals surface area (Å²) in [5.41, 5.74) is -0.162. The number of allylic oxidation sites excluding steroid dienone is 1. The first-order valence-corrected chi connectivity index (χ1v) is 6.03. The van der Waals surface area contributed by atoms with E-state index >= 15 is 0 Å². The summed E-state index contributed by atoms with van der Waals surface area (Å²) in [5.74, 6) is -1.99. The van der Waals surface area contributed by atoms with Crippen molar-refractivity contribution >= 4 is 11.8 Å². The van der Waals surface area contributed by atoms with Crippen molar-refractivity contribution in [3.8, 4) is 5.75 Å². The number of carbonyl (C=O) groups is 2. The molecule has 1 aromatic rings. The molecule has 6 heteroatoms. The number of carbonyl (C=O) groups excluding carboxylic acids is 1. The fourth-order valence-electron chi connectivity index (χ4n) is 1.41. The fourth-order valence-corrected chi connectivity index (χ4v) is 1.41. The number of carboxylic acids is 1. The van der Waals surface area contributed by atoms with E-state index in [1.54, 1.807) is 38.1 Å². The summed E-state index contributed by atoms with van der Waals surface area (Å²) in [4.78, 5) is 24.9. The number of carboxylic acid groups (broad SMARTS) is 1. The minimum atomic E-state index is -1.23. The third kappa shape index (κ3) is 4.10. The quantitative estimate of drug-likeness (QED) is 0.409. The van der Waals surface area contributed by atoms with Crippen LogP contribution < -0.4 is 5.32 Å². The molecule has 108 valence electrons. The van der Waals surface area contributed by atoms with Crippen LogP contribution in [0.25, 0.3) is 0 Å². The fraction of sp³-hybridized carbons (Fsp3) is 0.286. The maximum absolute atomic E-state index is 12.0. The summed E-state index contributed by atoms with van der Waals surface area (Å²) >= 11 is 0. The highest BCUT2D eigenvalue weighted by molar-refractivity contribution is 6.09. The standard InChI is InChI=1S/C14H18N2O4/c1-9(16(2)3)15-11(14(19)20)8-13(18)10-6-4-5-7-12(10)17/h4-9,15,17H,1-3H3,(H,19,20)/b11-8+. The number of nitrogens with one attached hydrogen (secondary N) is 1. The SMILES string of the molecule is CC(N/C(=C/C(=O)c1ccccc1O)C(=O)O)N(C)C. The van der Waals surface area contributed by atoms with Crippen LogP contribution in [-0.4, -0.2) is 47.1 Å². The number of nitrogens with zero attached hydrogens (tertiary/aromatic N) is 1. The number of phenolic OH excluding ortho intramolecular Hbond substituents is 1. The van der Waals surface area contributed by atoms with Crippen molar-refractivity contribution in [2.75, 3.05) is 14.1 Å². The Kier molecular flexibility index (Phi) is 5.28. The molecule has 0 fully saturated rings. The molecule has 1 aromatic carbocycles. The molecule has 0 radical (unpaired) electrons. The molecule has 0 aliphatic carbocycles. The van der Waals surface area contributed by atoms with Crippen molar-refractivity contribution in [1.29, 1.82) is 0 Å². The Bertz CT molecular complexity index is 538. The number of hydrogen-bond donors (Lipinski definition) is 3. The molecular formula is C14H18N2O4. The monoisotopic (exact) mass is 278 g/mol. The predicted molar refractivity (Wildman–Crippen MR) is 74.4 cm³/mol. The average molecular weight is 278 g/mol. The van der Waals surface area contributed by atoms with E-state index in [-0.39, 0.29) is 23.2 Å². The predicted octanol–water partition coefficient (Wildman–Crippen LogP) is 1.04. The molecule has 0 saturated heterocycles. The van der Waals surface area contributed by atoms with Crippen LogP contribution in [0.5, 0.6) is 5.75 Å². The lowest BCUT2D eigenvalue weighted by Crippen LogP contribution is -2.40. The Morgan fingerprint density at radius 2 is 1.90 bits per heavy atom. The van der Waals surface area contributed by atoms with Crippen LogP contribution in [0.2, 0.25) is 0 Å². The lowest BCUT2D eigenvalue weighted by atomic mass is 10.1. The Balaban J connectivity index is 3.00. The Hall–Kier alpha value is -2.34. The van der Waals surface area contributed by atoms with Gasteiger partial charge in [-0.15, -0.1) is 0 Å². The number of rotatable bonds is 6. The number of para-hydroxylation sites is 1. The van der Waals surface area contributed by atoms with Crippen LogP contribution in [-0.2, 0) is 4.79 Å². The summed E-state index contributed by atoms with van der Waals surface area (Å²) in [7, 11) is 3.56. The zero-order chi connectivity index (χ0) is 15.3. The number of ketones is 1. The molecule has 6 nitrogen and oxygen atoms in total. The molecule has 1 rings (SSSR count). The van der Waals surface area contributed by atoms with E-state index in [9.17, 15) is 14.7 Å². The lowest BCUT2D eigenvalue weighted by molar-refractivity contribution is -0.133. The van der Waals surface area contributed by atoms with E-state index in [0.29, 0.717) is 0 Å². The molecule has 0 saturated carbocycles. The molecule has 0 bridgehead atoms. The number of hydrogen-bond acceptors (Lipinski definition) is 5. The zero-order valence-corrected chi connectivity index (χ0v) is 11.6. The largest absolute Gasteiger partial charge is 0.507 e. The average Bonchev–Trinajstić information content (AvgIpc) is 2.37. The number of aromatic hydroxyl groups is 1. The van der Waals surface area contributed by atoms with Gasteiger partial charge in [-0.25, -0.2) is 4.79 Å². The maximum Gasteiger partial charge on any atom is 0.352 e. The van der Waals surface area contributed by atoms with Gasteiger partial charge in [0.25, 0.3) is 0 Å². The summed E-state index contributed by atoms with van der Waals surface area (Å²) in [6.45, 7) is 1.77. The summed E-state index contributed by atoms with van der Waals surface area (Å²) in [6.07, 6.45) is 0.715. The molecule has 0 aliphatic rings. The minimum Gasteiger partial charge on any atom is -0.507 e. The molecule has 0 heterocycles. The van der Waals surface area contributed by atoms with Gasteiger partial charge in [0.1, 0.15) is 11.4 Å². The third-order valence-electron chi connectivity index (χ3n) is 2.81. The Morgan fingerprint density at radius 1 is 1.30 bits per heavy atom. The number of aliphatic carboxylic acids is 1. The first-order valence-electron chi connectivity index (χ1n) is 6.03. The molecule has 0 aromatic heterocycles. The van der Waals surface area contributed by atoms with Gasteiger partial charge < -0.3 is 15.5 Å². The van der Waals surface area contributed by atoms with E-state index in [4.69, 9.17) is 5.11 Å². The van der Waals surface area contributed by atoms with Crippen molar-refractivity contribution in [2.24, 2.45) is 0 Å². The van der Waals surface area contributed by atoms with Gasteiger partial charge in [0, 0.05) is 6.08 Å². The van der Waals surface area contributed by atoms with Crippen LogP contribution in [0.3, 0.4) is 0 Å². The van der Waals surface area contributed by atoms with Gasteiger partial charge in [-0.2, -0.15) is 0 Å². The van der Waals surface area contributed by atoms with Crippen molar-refractivity contribution in [1.82, 2.24) is 10.2 Å². The molecule has 0 aliphatic heterocycles. The molecular weight excluding hydrogens is 260 g/mol. The smallest absolute Gasteiger partial charge is 0.352 e. The van der Waals surface area contributed by atoms with Crippen LogP contribution in [0.15, 0.2) is 36.0 Å². The first-order chi connectivity index (χ1) is 9.32. The third-order valence-corrected chi connectivity index (χ3v) is 2.81. The van der Waals surface area contributed by atoms with Gasteiger partial charge in [-0.3, -0.25) is 9.69 Å². The van der Waals surface area contributed by atoms with Crippen molar-refractivity contribution in [2.45, 2.75) is 13.1 Å². The minimum absolute atomic E-state index is 0.0607. The van der Waals surface area contributed by atoms with Crippen LogP contribution in [0.1, 0.15) is 17.3 Å². The van der Waals surface area contributed by atoms with Crippen molar-refractivity contribution in [3.05, 3.63) is 41.6 Å². The highest BCUT2D eigenvalue weighted by atomic mass is 16.4. The second kappa shape index (κ2) is 6.72. The topological polar surface area (TPSA) is 89.9 Å². The zero-order valence-electron chi connectivity index (χ0n) is 11.6. The molecule has 0 spiro atoms. The number of phenols is 1. The van der Waals surface area contributed by atoms with Gasteiger partial charge >= 0.3 is 5.97 Å². The molecule has 1 unspecified atom stereocenters. The van der Waals surface area contributed by atoms with E-state index in [0.717, 1.165) is 6.08 Å². The molecule has 1 atom stereocenters. The van der Waals surface area contributed by atoms with E-state index in [1.807, 2.05) is 0 Å². The van der Waals surface area contributed by atoms with Gasteiger partial charge in [0.05, 0.1) is 11.7 Å². The lowest BCUT2D eigenvalue weighted by Gasteiger charge is -2.22. The van der Waals surface area contributed by atoms with Gasteiger partial charge in [-0.05, 0) is 33.2 Å². The summed E-state index contributed by atoms with van der Waals surface area (Å²) in [5, 5.41) is 21.4. The van der Waals surface area contributed by atoms with Crippen LogP contribution in [0.4, 0.5) is 0 Å². The van der Waals surface area contributed by atoms with Gasteiger partial charge in [0.2, 0.25) is 0 Å². The normalized spacial score (nSPS) is 13.1. The highest BCUT2D eigenvalue weighted by Gasteiger charge is 2.16. The van der Waals surface area contributed by atoms with Crippen LogP contribution in [0, 0.1) is 0 Å². The number of benzene rings is 1. The van der Waals surface area contributed by atoms with E-state index < -0.39 is 11.8 Å². The van der Waals surface area contributed by atoms with E-state index in [2.05, 4.69) is 5.32 Å². The molecule has 0 amide bonds. The van der Waals surface area contributed by atoms with E-state index in [1.165, 1.54) is 12.1 Å². The second-order valence-corrected chi connectivity index (χ2v) is 4.53. The highest BCUT2D eigenvalue weighted by Crippen LogP contribution is 2.17. The maximum atomic E-state index is 12.0. The van der Waals surface area contributed by atoms with Crippen molar-refractivity contribution in [3.63, 3.8) is 0 Å². The summed E-state index contributed by atoms with van der Waals surface area (Å²) in [6, 6.07) is 5.98. The summed E-state index contributed by atoms with van der Waals surface area (Å²) < 4.78 is 0. The Labute approximate surface area is 117 Å². The molecule has 3 N–H and O–H groups in total. The van der Waals surface area contributed by atoms with Gasteiger partial charge in [0.15, 0.2) is 5.78 Å².